The molecular formula is C18H18N4. The van der Waals surface area contributed by atoms with E-state index in [9.17, 15) is 0 Å². The molecule has 110 valence electrons. The van der Waals surface area contributed by atoms with Gasteiger partial charge in [-0.3, -0.25) is 16.1 Å². The van der Waals surface area contributed by atoms with E-state index in [2.05, 4.69) is 75.8 Å². The van der Waals surface area contributed by atoms with Crippen LogP contribution < -0.4 is 16.1 Å². The summed E-state index contributed by atoms with van der Waals surface area (Å²) in [7, 11) is 0. The molecule has 1 aliphatic heterocycles. The lowest BCUT2D eigenvalue weighted by Gasteiger charge is -2.09. The Balaban J connectivity index is 1.70. The van der Waals surface area contributed by atoms with E-state index in [1.807, 2.05) is 6.21 Å². The van der Waals surface area contributed by atoms with Crippen molar-refractivity contribution in [2.24, 2.45) is 5.10 Å². The number of hydrazone groups is 1. The van der Waals surface area contributed by atoms with E-state index in [4.69, 9.17) is 0 Å². The molecule has 0 atom stereocenters. The van der Waals surface area contributed by atoms with E-state index in [1.165, 1.54) is 21.5 Å². The van der Waals surface area contributed by atoms with Crippen molar-refractivity contribution in [3.8, 4) is 0 Å². The topological polar surface area (TPSA) is 48.5 Å². The van der Waals surface area contributed by atoms with Gasteiger partial charge in [0, 0.05) is 18.7 Å². The molecule has 0 aromatic heterocycles. The molecule has 1 fully saturated rings. The number of rotatable bonds is 3. The molecule has 22 heavy (non-hydrogen) atoms. The summed E-state index contributed by atoms with van der Waals surface area (Å²) < 4.78 is 0. The maximum atomic E-state index is 4.35. The Bertz CT molecular complexity index is 835. The molecule has 3 aromatic rings. The van der Waals surface area contributed by atoms with Crippen LogP contribution in [0.25, 0.3) is 21.5 Å². The Morgan fingerprint density at radius 1 is 0.909 bits per heavy atom. The number of hydrogen-bond donors (Lipinski definition) is 3. The SMILES string of the molecule is C(=N\NC1NCCN1)/c1cccc2cc3ccccc3cc12. The number of hydrogen-bond acceptors (Lipinski definition) is 4. The van der Waals surface area contributed by atoms with Gasteiger partial charge in [-0.1, -0.05) is 42.5 Å². The molecule has 4 rings (SSSR count). The zero-order valence-corrected chi connectivity index (χ0v) is 12.2. The first-order valence-corrected chi connectivity index (χ1v) is 7.57. The number of fused-ring (bicyclic) bond motifs is 2. The molecule has 4 nitrogen and oxygen atoms in total. The Kier molecular flexibility index (Phi) is 3.46. The van der Waals surface area contributed by atoms with Crippen molar-refractivity contribution in [3.63, 3.8) is 0 Å². The molecule has 1 saturated heterocycles. The Labute approximate surface area is 129 Å². The first-order chi connectivity index (χ1) is 10.9. The Morgan fingerprint density at radius 2 is 1.64 bits per heavy atom. The zero-order chi connectivity index (χ0) is 14.8. The van der Waals surface area contributed by atoms with E-state index >= 15 is 0 Å². The van der Waals surface area contributed by atoms with E-state index in [1.54, 1.807) is 0 Å². The number of nitrogens with one attached hydrogen (secondary N) is 3. The van der Waals surface area contributed by atoms with Gasteiger partial charge in [-0.15, -0.1) is 0 Å². The predicted octanol–water partition coefficient (Wildman–Crippen LogP) is 2.39. The highest BCUT2D eigenvalue weighted by Crippen LogP contribution is 2.24. The van der Waals surface area contributed by atoms with E-state index in [0.717, 1.165) is 18.7 Å². The fourth-order valence-electron chi connectivity index (χ4n) is 2.88. The van der Waals surface area contributed by atoms with Crippen molar-refractivity contribution < 1.29 is 0 Å². The van der Waals surface area contributed by atoms with Gasteiger partial charge in [-0.25, -0.2) is 0 Å². The summed E-state index contributed by atoms with van der Waals surface area (Å²) in [5.74, 6) is 0. The van der Waals surface area contributed by atoms with E-state index in [0.29, 0.717) is 0 Å². The molecule has 0 unspecified atom stereocenters. The summed E-state index contributed by atoms with van der Waals surface area (Å²) in [4.78, 5) is 0. The van der Waals surface area contributed by atoms with Crippen LogP contribution in [-0.2, 0) is 0 Å². The average Bonchev–Trinajstić information content (AvgIpc) is 3.07. The van der Waals surface area contributed by atoms with Gasteiger partial charge in [-0.2, -0.15) is 5.10 Å². The van der Waals surface area contributed by atoms with Crippen LogP contribution in [0, 0.1) is 0 Å². The van der Waals surface area contributed by atoms with Gasteiger partial charge >= 0.3 is 0 Å². The van der Waals surface area contributed by atoms with Crippen molar-refractivity contribution >= 4 is 27.8 Å². The summed E-state index contributed by atoms with van der Waals surface area (Å²) in [5.41, 5.74) is 4.20. The van der Waals surface area contributed by atoms with Crippen LogP contribution in [-0.4, -0.2) is 25.6 Å². The fraction of sp³-hybridized carbons (Fsp3) is 0.167. The van der Waals surface area contributed by atoms with Gasteiger partial charge in [0.15, 0.2) is 0 Å². The van der Waals surface area contributed by atoms with E-state index < -0.39 is 0 Å². The van der Waals surface area contributed by atoms with Crippen LogP contribution >= 0.6 is 0 Å². The maximum absolute atomic E-state index is 4.35. The second-order valence-electron chi connectivity index (χ2n) is 5.50. The highest BCUT2D eigenvalue weighted by molar-refractivity contribution is 6.06. The normalized spacial score (nSPS) is 16.0. The third-order valence-corrected chi connectivity index (χ3v) is 4.01. The molecule has 3 aromatic carbocycles. The van der Waals surface area contributed by atoms with Crippen molar-refractivity contribution in [2.75, 3.05) is 13.1 Å². The number of nitrogens with zero attached hydrogens (tertiary/aromatic N) is 1. The minimum absolute atomic E-state index is 0.0621. The highest BCUT2D eigenvalue weighted by Gasteiger charge is 2.10. The molecule has 0 saturated carbocycles. The minimum Gasteiger partial charge on any atom is -0.283 e. The highest BCUT2D eigenvalue weighted by atomic mass is 15.5. The molecule has 0 amide bonds. The van der Waals surface area contributed by atoms with Crippen molar-refractivity contribution in [1.29, 1.82) is 0 Å². The van der Waals surface area contributed by atoms with Gasteiger partial charge in [0.25, 0.3) is 0 Å². The molecule has 3 N–H and O–H groups in total. The van der Waals surface area contributed by atoms with E-state index in [-0.39, 0.29) is 6.29 Å². The molecule has 4 heteroatoms. The quantitative estimate of drug-likeness (QED) is 0.394. The van der Waals surface area contributed by atoms with Crippen LogP contribution in [0.5, 0.6) is 0 Å². The summed E-state index contributed by atoms with van der Waals surface area (Å²) in [6.45, 7) is 1.93. The third kappa shape index (κ3) is 2.54. The second kappa shape index (κ2) is 5.75. The van der Waals surface area contributed by atoms with Crippen LogP contribution in [0.2, 0.25) is 0 Å². The fourth-order valence-corrected chi connectivity index (χ4v) is 2.88. The Morgan fingerprint density at radius 3 is 2.45 bits per heavy atom. The monoisotopic (exact) mass is 290 g/mol. The van der Waals surface area contributed by atoms with Gasteiger partial charge < -0.3 is 0 Å². The van der Waals surface area contributed by atoms with Crippen LogP contribution in [0.4, 0.5) is 0 Å². The van der Waals surface area contributed by atoms with Gasteiger partial charge in [0.1, 0.15) is 6.29 Å². The third-order valence-electron chi connectivity index (χ3n) is 4.01. The molecule has 0 spiro atoms. The maximum Gasteiger partial charge on any atom is 0.148 e. The van der Waals surface area contributed by atoms with Crippen molar-refractivity contribution in [1.82, 2.24) is 16.1 Å². The molecule has 0 radical (unpaired) electrons. The first-order valence-electron chi connectivity index (χ1n) is 7.57. The lowest BCUT2D eigenvalue weighted by Crippen LogP contribution is -2.42. The molecule has 1 aliphatic rings. The lowest BCUT2D eigenvalue weighted by molar-refractivity contribution is 0.461. The predicted molar refractivity (Wildman–Crippen MR) is 92.0 cm³/mol. The van der Waals surface area contributed by atoms with Crippen LogP contribution in [0.1, 0.15) is 5.56 Å². The standard InChI is InChI=1S/C18H18N4/c1-2-5-14-11-17-15(10-13(14)4-1)6-3-7-16(17)12-21-22-18-19-8-9-20-18/h1-7,10-12,18-20,22H,8-9H2/b21-12+. The number of benzene rings is 3. The minimum atomic E-state index is 0.0621. The summed E-state index contributed by atoms with van der Waals surface area (Å²) in [6, 6.07) is 19.2. The van der Waals surface area contributed by atoms with Gasteiger partial charge in [0.05, 0.1) is 6.21 Å². The summed E-state index contributed by atoms with van der Waals surface area (Å²) in [5, 5.41) is 15.9. The molecular weight excluding hydrogens is 272 g/mol. The van der Waals surface area contributed by atoms with Gasteiger partial charge in [-0.05, 0) is 33.7 Å². The zero-order valence-electron chi connectivity index (χ0n) is 12.2. The molecule has 0 aliphatic carbocycles. The summed E-state index contributed by atoms with van der Waals surface area (Å²) >= 11 is 0. The second-order valence-corrected chi connectivity index (χ2v) is 5.50. The molecule has 0 bridgehead atoms. The van der Waals surface area contributed by atoms with Crippen LogP contribution in [0.3, 0.4) is 0 Å². The first kappa shape index (κ1) is 13.2. The van der Waals surface area contributed by atoms with Crippen molar-refractivity contribution in [2.45, 2.75) is 6.29 Å². The summed E-state index contributed by atoms with van der Waals surface area (Å²) in [6.07, 6.45) is 1.95. The lowest BCUT2D eigenvalue weighted by atomic mass is 10.0. The smallest absolute Gasteiger partial charge is 0.148 e. The molecule has 1 heterocycles. The van der Waals surface area contributed by atoms with Crippen LogP contribution in [0.15, 0.2) is 59.7 Å². The average molecular weight is 290 g/mol. The van der Waals surface area contributed by atoms with Crippen molar-refractivity contribution in [3.05, 3.63) is 60.2 Å². The largest absolute Gasteiger partial charge is 0.283 e. The van der Waals surface area contributed by atoms with Gasteiger partial charge in [0.2, 0.25) is 0 Å². The Hall–Kier alpha value is -2.43.